The Morgan fingerprint density at radius 1 is 1.35 bits per heavy atom. The smallest absolute Gasteiger partial charge is 0.224 e. The number of nitrogens with one attached hydrogen (secondary N) is 1. The van der Waals surface area contributed by atoms with Crippen LogP contribution in [0.2, 0.25) is 0 Å². The van der Waals surface area contributed by atoms with Crippen LogP contribution in [0.15, 0.2) is 12.3 Å². The molecule has 1 fully saturated rings. The van der Waals surface area contributed by atoms with Crippen LogP contribution >= 0.6 is 0 Å². The van der Waals surface area contributed by atoms with E-state index in [1.807, 2.05) is 19.3 Å². The summed E-state index contributed by atoms with van der Waals surface area (Å²) in [6, 6.07) is 2.69. The number of hydrogen-bond donors (Lipinski definition) is 1. The van der Waals surface area contributed by atoms with Crippen molar-refractivity contribution in [2.75, 3.05) is 44.4 Å². The Labute approximate surface area is 103 Å². The molecule has 0 aliphatic carbocycles. The van der Waals surface area contributed by atoms with E-state index in [1.54, 1.807) is 0 Å². The number of rotatable bonds is 3. The minimum atomic E-state index is 0.692. The second-order valence-electron chi connectivity index (χ2n) is 4.67. The molecule has 0 aromatic carbocycles. The van der Waals surface area contributed by atoms with Crippen molar-refractivity contribution in [1.29, 1.82) is 0 Å². The van der Waals surface area contributed by atoms with Gasteiger partial charge in [0.25, 0.3) is 0 Å². The third-order valence-electron chi connectivity index (χ3n) is 3.38. The molecule has 0 bridgehead atoms. The second-order valence-corrected chi connectivity index (χ2v) is 4.67. The highest BCUT2D eigenvalue weighted by atomic mass is 15.2. The van der Waals surface area contributed by atoms with Gasteiger partial charge in [-0.25, -0.2) is 4.98 Å². The minimum Gasteiger partial charge on any atom is -0.357 e. The number of nitrogens with zero attached hydrogens (tertiary/aromatic N) is 4. The first-order valence-corrected chi connectivity index (χ1v) is 6.13. The molecule has 0 radical (unpaired) electrons. The molecule has 5 nitrogen and oxygen atoms in total. The Morgan fingerprint density at radius 3 is 2.65 bits per heavy atom. The first kappa shape index (κ1) is 12.1. The molecule has 0 atom stereocenters. The fourth-order valence-corrected chi connectivity index (χ4v) is 2.26. The maximum Gasteiger partial charge on any atom is 0.224 e. The summed E-state index contributed by atoms with van der Waals surface area (Å²) in [6.45, 7) is 2.14. The zero-order valence-corrected chi connectivity index (χ0v) is 10.8. The molecule has 1 aromatic heterocycles. The van der Waals surface area contributed by atoms with Crippen LogP contribution in [0.5, 0.6) is 0 Å². The molecule has 0 spiro atoms. The van der Waals surface area contributed by atoms with Crippen LogP contribution in [0.4, 0.5) is 11.8 Å². The van der Waals surface area contributed by atoms with Crippen molar-refractivity contribution >= 4 is 11.8 Å². The number of anilines is 2. The Morgan fingerprint density at radius 2 is 2.06 bits per heavy atom. The lowest BCUT2D eigenvalue weighted by atomic mass is 10.0. The number of piperidine rings is 1. The van der Waals surface area contributed by atoms with Gasteiger partial charge in [-0.2, -0.15) is 4.98 Å². The summed E-state index contributed by atoms with van der Waals surface area (Å²) >= 11 is 0. The zero-order valence-electron chi connectivity index (χ0n) is 10.8. The van der Waals surface area contributed by atoms with Crippen LogP contribution < -0.4 is 10.2 Å². The van der Waals surface area contributed by atoms with Crippen molar-refractivity contribution in [2.45, 2.75) is 18.9 Å². The molecule has 17 heavy (non-hydrogen) atoms. The van der Waals surface area contributed by atoms with E-state index in [2.05, 4.69) is 39.2 Å². The molecule has 0 saturated carbocycles. The van der Waals surface area contributed by atoms with Gasteiger partial charge in [0.05, 0.1) is 0 Å². The summed E-state index contributed by atoms with van der Waals surface area (Å²) in [7, 11) is 6.16. The number of aromatic nitrogens is 2. The van der Waals surface area contributed by atoms with E-state index in [1.165, 1.54) is 12.8 Å². The quantitative estimate of drug-likeness (QED) is 0.848. The summed E-state index contributed by atoms with van der Waals surface area (Å²) in [5, 5.41) is 2.98. The van der Waals surface area contributed by atoms with Gasteiger partial charge in [0, 0.05) is 32.4 Å². The standard InChI is InChI=1S/C12H21N5/c1-13-12-14-7-4-11(15-12)17-8-5-10(6-9-17)16(2)3/h4,7,10H,5-6,8-9H2,1-3H3,(H,13,14,15). The molecular weight excluding hydrogens is 214 g/mol. The molecule has 2 rings (SSSR count). The van der Waals surface area contributed by atoms with Gasteiger partial charge in [-0.1, -0.05) is 0 Å². The van der Waals surface area contributed by atoms with Crippen molar-refractivity contribution in [3.63, 3.8) is 0 Å². The van der Waals surface area contributed by atoms with E-state index >= 15 is 0 Å². The largest absolute Gasteiger partial charge is 0.357 e. The van der Waals surface area contributed by atoms with Crippen LogP contribution in [0, 0.1) is 0 Å². The first-order valence-electron chi connectivity index (χ1n) is 6.13. The highest BCUT2D eigenvalue weighted by Crippen LogP contribution is 2.20. The van der Waals surface area contributed by atoms with Crippen molar-refractivity contribution in [2.24, 2.45) is 0 Å². The molecule has 0 unspecified atom stereocenters. The zero-order chi connectivity index (χ0) is 12.3. The van der Waals surface area contributed by atoms with Gasteiger partial charge >= 0.3 is 0 Å². The third-order valence-corrected chi connectivity index (χ3v) is 3.38. The van der Waals surface area contributed by atoms with Crippen LogP contribution in [-0.2, 0) is 0 Å². The van der Waals surface area contributed by atoms with Gasteiger partial charge in [0.2, 0.25) is 5.95 Å². The summed E-state index contributed by atoms with van der Waals surface area (Å²) in [4.78, 5) is 13.3. The van der Waals surface area contributed by atoms with Crippen molar-refractivity contribution in [3.05, 3.63) is 12.3 Å². The average molecular weight is 235 g/mol. The van der Waals surface area contributed by atoms with E-state index < -0.39 is 0 Å². The van der Waals surface area contributed by atoms with E-state index in [4.69, 9.17) is 0 Å². The summed E-state index contributed by atoms with van der Waals surface area (Å²) in [6.07, 6.45) is 4.21. The van der Waals surface area contributed by atoms with E-state index in [0.29, 0.717) is 12.0 Å². The molecule has 1 aliphatic heterocycles. The molecule has 0 amide bonds. The fourth-order valence-electron chi connectivity index (χ4n) is 2.26. The Bertz CT molecular complexity index is 358. The monoisotopic (exact) mass is 235 g/mol. The van der Waals surface area contributed by atoms with Gasteiger partial charge < -0.3 is 15.1 Å². The van der Waals surface area contributed by atoms with E-state index in [9.17, 15) is 0 Å². The molecule has 5 heteroatoms. The molecule has 1 aliphatic rings. The van der Waals surface area contributed by atoms with Gasteiger partial charge in [0.1, 0.15) is 5.82 Å². The van der Waals surface area contributed by atoms with Crippen LogP contribution in [0.3, 0.4) is 0 Å². The SMILES string of the molecule is CNc1nccc(N2CCC(N(C)C)CC2)n1. The lowest BCUT2D eigenvalue weighted by Gasteiger charge is -2.35. The van der Waals surface area contributed by atoms with Crippen molar-refractivity contribution < 1.29 is 0 Å². The van der Waals surface area contributed by atoms with E-state index in [0.717, 1.165) is 18.9 Å². The Kier molecular flexibility index (Phi) is 3.78. The van der Waals surface area contributed by atoms with Crippen molar-refractivity contribution in [3.8, 4) is 0 Å². The molecule has 1 N–H and O–H groups in total. The normalized spacial score (nSPS) is 17.5. The molecule has 1 saturated heterocycles. The average Bonchev–Trinajstić information content (AvgIpc) is 2.39. The Balaban J connectivity index is 2.00. The number of hydrogen-bond acceptors (Lipinski definition) is 5. The Hall–Kier alpha value is -1.36. The minimum absolute atomic E-state index is 0.692. The maximum absolute atomic E-state index is 4.47. The molecule has 94 valence electrons. The maximum atomic E-state index is 4.47. The molecule has 2 heterocycles. The summed E-state index contributed by atoms with van der Waals surface area (Å²) in [5.74, 6) is 1.72. The topological polar surface area (TPSA) is 44.3 Å². The summed E-state index contributed by atoms with van der Waals surface area (Å²) < 4.78 is 0. The van der Waals surface area contributed by atoms with E-state index in [-0.39, 0.29) is 0 Å². The van der Waals surface area contributed by atoms with Gasteiger partial charge in [-0.05, 0) is 33.0 Å². The van der Waals surface area contributed by atoms with Crippen molar-refractivity contribution in [1.82, 2.24) is 14.9 Å². The highest BCUT2D eigenvalue weighted by molar-refractivity contribution is 5.42. The van der Waals surface area contributed by atoms with Crippen LogP contribution in [0.1, 0.15) is 12.8 Å². The van der Waals surface area contributed by atoms with Gasteiger partial charge in [0.15, 0.2) is 0 Å². The lowest BCUT2D eigenvalue weighted by Crippen LogP contribution is -2.42. The van der Waals surface area contributed by atoms with Gasteiger partial charge in [-0.3, -0.25) is 0 Å². The third kappa shape index (κ3) is 2.85. The summed E-state index contributed by atoms with van der Waals surface area (Å²) in [5.41, 5.74) is 0. The molecule has 1 aromatic rings. The fraction of sp³-hybridized carbons (Fsp3) is 0.667. The lowest BCUT2D eigenvalue weighted by molar-refractivity contribution is 0.249. The predicted octanol–water partition coefficient (Wildman–Crippen LogP) is 1.05. The second kappa shape index (κ2) is 5.31. The van der Waals surface area contributed by atoms with Gasteiger partial charge in [-0.15, -0.1) is 0 Å². The van der Waals surface area contributed by atoms with Crippen LogP contribution in [0.25, 0.3) is 0 Å². The van der Waals surface area contributed by atoms with Crippen LogP contribution in [-0.4, -0.2) is 55.1 Å². The predicted molar refractivity (Wildman–Crippen MR) is 70.5 cm³/mol. The first-order chi connectivity index (χ1) is 8.20. The molecular formula is C12H21N5. The highest BCUT2D eigenvalue weighted by Gasteiger charge is 2.21.